The molecule has 0 bridgehead atoms. The lowest BCUT2D eigenvalue weighted by Crippen LogP contribution is -2.14. The first-order chi connectivity index (χ1) is 22.3. The van der Waals surface area contributed by atoms with Gasteiger partial charge >= 0.3 is 0 Å². The van der Waals surface area contributed by atoms with Crippen LogP contribution in [0.15, 0.2) is 48.5 Å². The van der Waals surface area contributed by atoms with E-state index in [1.54, 1.807) is 0 Å². The molecule has 0 fully saturated rings. The van der Waals surface area contributed by atoms with Crippen LogP contribution in [-0.4, -0.2) is 96.7 Å². The van der Waals surface area contributed by atoms with Crippen LogP contribution in [0.4, 0.5) is 0 Å². The molecule has 0 aliphatic carbocycles. The fourth-order valence-corrected chi connectivity index (χ4v) is 4.79. The summed E-state index contributed by atoms with van der Waals surface area (Å²) in [6.45, 7) is 6.18. The number of ether oxygens (including phenoxy) is 7. The highest BCUT2D eigenvalue weighted by Crippen LogP contribution is 2.25. The molecular formula is C36H58O8S. The van der Waals surface area contributed by atoms with Crippen LogP contribution in [0.5, 0.6) is 11.5 Å². The van der Waals surface area contributed by atoms with E-state index in [0.717, 1.165) is 41.4 Å². The summed E-state index contributed by atoms with van der Waals surface area (Å²) in [5, 5.41) is 8.60. The molecule has 0 aliphatic heterocycles. The van der Waals surface area contributed by atoms with E-state index >= 15 is 0 Å². The number of thiol groups is 1. The molecule has 256 valence electrons. The van der Waals surface area contributed by atoms with Crippen LogP contribution in [0.25, 0.3) is 11.1 Å². The Hall–Kier alpha value is -1.85. The Labute approximate surface area is 277 Å². The highest BCUT2D eigenvalue weighted by Gasteiger charge is 2.02. The van der Waals surface area contributed by atoms with Crippen LogP contribution in [0, 0.1) is 0 Å². The number of rotatable bonds is 32. The van der Waals surface area contributed by atoms with Crippen molar-refractivity contribution in [2.24, 2.45) is 0 Å². The van der Waals surface area contributed by atoms with Crippen LogP contribution in [0.2, 0.25) is 0 Å². The molecule has 8 nitrogen and oxygen atoms in total. The number of benzene rings is 2. The molecule has 0 saturated carbocycles. The molecule has 0 amide bonds. The van der Waals surface area contributed by atoms with E-state index in [1.165, 1.54) is 57.8 Å². The van der Waals surface area contributed by atoms with Gasteiger partial charge in [0, 0.05) is 0 Å². The van der Waals surface area contributed by atoms with Gasteiger partial charge < -0.3 is 38.3 Å². The van der Waals surface area contributed by atoms with Crippen molar-refractivity contribution in [3.8, 4) is 22.6 Å². The zero-order chi connectivity index (χ0) is 31.9. The highest BCUT2D eigenvalue weighted by atomic mass is 32.1. The lowest BCUT2D eigenvalue weighted by Gasteiger charge is -2.10. The van der Waals surface area contributed by atoms with Gasteiger partial charge in [-0.15, -0.1) is 0 Å². The first kappa shape index (κ1) is 39.3. The largest absolute Gasteiger partial charge is 0.494 e. The molecule has 0 aromatic heterocycles. The van der Waals surface area contributed by atoms with E-state index in [1.807, 2.05) is 12.1 Å². The number of hydrogen-bond acceptors (Lipinski definition) is 9. The summed E-state index contributed by atoms with van der Waals surface area (Å²) in [5.74, 6) is 2.77. The third-order valence-corrected chi connectivity index (χ3v) is 7.40. The summed E-state index contributed by atoms with van der Waals surface area (Å²) in [4.78, 5) is 0. The van der Waals surface area contributed by atoms with Gasteiger partial charge in [-0.25, -0.2) is 0 Å². The normalized spacial score (nSPS) is 11.2. The maximum absolute atomic E-state index is 8.60. The van der Waals surface area contributed by atoms with Crippen molar-refractivity contribution in [1.82, 2.24) is 0 Å². The Morgan fingerprint density at radius 3 is 1.11 bits per heavy atom. The van der Waals surface area contributed by atoms with E-state index in [0.29, 0.717) is 72.7 Å². The summed E-state index contributed by atoms with van der Waals surface area (Å²) in [7, 11) is 0. The quantitative estimate of drug-likeness (QED) is 0.0646. The number of unbranched alkanes of at least 4 members (excludes halogenated alkanes) is 9. The average molecular weight is 651 g/mol. The Balaban J connectivity index is 1.41. The third kappa shape index (κ3) is 22.3. The van der Waals surface area contributed by atoms with Gasteiger partial charge in [-0.1, -0.05) is 75.6 Å². The Bertz CT molecular complexity index is 897. The van der Waals surface area contributed by atoms with Gasteiger partial charge in [0.1, 0.15) is 18.1 Å². The van der Waals surface area contributed by atoms with Crippen LogP contribution < -0.4 is 9.47 Å². The van der Waals surface area contributed by atoms with E-state index in [4.69, 9.17) is 38.3 Å². The van der Waals surface area contributed by atoms with Gasteiger partial charge in [0.2, 0.25) is 0 Å². The molecule has 0 aliphatic rings. The summed E-state index contributed by atoms with van der Waals surface area (Å²) in [6.07, 6.45) is 13.1. The van der Waals surface area contributed by atoms with Crippen LogP contribution in [-0.2, 0) is 23.7 Å². The second kappa shape index (κ2) is 29.5. The van der Waals surface area contributed by atoms with E-state index in [9.17, 15) is 0 Å². The van der Waals surface area contributed by atoms with Crippen molar-refractivity contribution in [3.05, 3.63) is 48.5 Å². The van der Waals surface area contributed by atoms with Gasteiger partial charge in [-0.2, -0.15) is 12.6 Å². The van der Waals surface area contributed by atoms with Gasteiger partial charge in [0.05, 0.1) is 79.3 Å². The Kier molecular flexibility index (Phi) is 25.8. The Morgan fingerprint density at radius 1 is 0.378 bits per heavy atom. The summed E-state index contributed by atoms with van der Waals surface area (Å²) in [6, 6.07) is 16.4. The molecule has 0 unspecified atom stereocenters. The minimum absolute atomic E-state index is 0.0303. The van der Waals surface area contributed by atoms with Crippen molar-refractivity contribution >= 4 is 12.6 Å². The standard InChI is InChI=1S/C36H58O8S/c37-19-21-38-22-23-39-24-25-40-26-27-41-28-29-42-30-31-44-36-17-13-34(14-18-36)33-11-15-35(16-12-33)43-20-9-7-5-3-1-2-4-6-8-10-32-45/h11-18,37,45H,1-10,19-32H2. The molecule has 0 saturated heterocycles. The first-order valence-electron chi connectivity index (χ1n) is 16.9. The summed E-state index contributed by atoms with van der Waals surface area (Å²) >= 11 is 4.27. The van der Waals surface area contributed by atoms with E-state index in [-0.39, 0.29) is 6.61 Å². The zero-order valence-corrected chi connectivity index (χ0v) is 28.2. The minimum atomic E-state index is 0.0303. The molecule has 0 spiro atoms. The van der Waals surface area contributed by atoms with Crippen molar-refractivity contribution in [2.45, 2.75) is 64.2 Å². The maximum atomic E-state index is 8.60. The Morgan fingerprint density at radius 2 is 0.711 bits per heavy atom. The van der Waals surface area contributed by atoms with Crippen molar-refractivity contribution in [3.63, 3.8) is 0 Å². The molecular weight excluding hydrogens is 592 g/mol. The van der Waals surface area contributed by atoms with Crippen molar-refractivity contribution in [2.75, 3.05) is 91.6 Å². The van der Waals surface area contributed by atoms with Crippen LogP contribution >= 0.6 is 12.6 Å². The predicted molar refractivity (Wildman–Crippen MR) is 184 cm³/mol. The molecule has 1 N–H and O–H groups in total. The average Bonchev–Trinajstić information content (AvgIpc) is 3.07. The molecule has 9 heteroatoms. The lowest BCUT2D eigenvalue weighted by atomic mass is 10.1. The molecule has 2 aromatic rings. The van der Waals surface area contributed by atoms with Gasteiger partial charge in [0.25, 0.3) is 0 Å². The van der Waals surface area contributed by atoms with Gasteiger partial charge in [-0.05, 0) is 54.0 Å². The predicted octanol–water partition coefficient (Wildman–Crippen LogP) is 7.02. The second-order valence-electron chi connectivity index (χ2n) is 10.8. The molecule has 0 radical (unpaired) electrons. The first-order valence-corrected chi connectivity index (χ1v) is 17.5. The molecule has 0 atom stereocenters. The number of aliphatic hydroxyl groups excluding tert-OH is 1. The monoisotopic (exact) mass is 650 g/mol. The summed E-state index contributed by atoms with van der Waals surface area (Å²) in [5.41, 5.74) is 2.30. The van der Waals surface area contributed by atoms with E-state index < -0.39 is 0 Å². The number of aliphatic hydroxyl groups is 1. The van der Waals surface area contributed by atoms with Crippen LogP contribution in [0.3, 0.4) is 0 Å². The topological polar surface area (TPSA) is 84.8 Å². The maximum Gasteiger partial charge on any atom is 0.119 e. The number of hydrogen-bond donors (Lipinski definition) is 2. The van der Waals surface area contributed by atoms with E-state index in [2.05, 4.69) is 49.0 Å². The molecule has 0 heterocycles. The molecule has 2 aromatic carbocycles. The van der Waals surface area contributed by atoms with Crippen molar-refractivity contribution in [1.29, 1.82) is 0 Å². The summed E-state index contributed by atoms with van der Waals surface area (Å²) < 4.78 is 38.7. The van der Waals surface area contributed by atoms with Gasteiger partial charge in [-0.3, -0.25) is 0 Å². The zero-order valence-electron chi connectivity index (χ0n) is 27.3. The minimum Gasteiger partial charge on any atom is -0.494 e. The molecule has 45 heavy (non-hydrogen) atoms. The second-order valence-corrected chi connectivity index (χ2v) is 11.2. The van der Waals surface area contributed by atoms with Crippen LogP contribution in [0.1, 0.15) is 64.2 Å². The highest BCUT2D eigenvalue weighted by molar-refractivity contribution is 7.80. The molecule has 2 rings (SSSR count). The van der Waals surface area contributed by atoms with Crippen molar-refractivity contribution < 1.29 is 38.3 Å². The third-order valence-electron chi connectivity index (χ3n) is 7.08. The van der Waals surface area contributed by atoms with Gasteiger partial charge in [0.15, 0.2) is 0 Å². The lowest BCUT2D eigenvalue weighted by molar-refractivity contribution is -0.0146. The SMILES string of the molecule is OCCOCCOCCOCCOCCOCCOc1ccc(-c2ccc(OCCCCCCCCCCCCS)cc2)cc1. The fraction of sp³-hybridized carbons (Fsp3) is 0.667. The smallest absolute Gasteiger partial charge is 0.119 e. The fourth-order valence-electron chi connectivity index (χ4n) is 4.57.